The van der Waals surface area contributed by atoms with Crippen LogP contribution in [0.25, 0.3) is 11.5 Å². The number of nitrogens with zero attached hydrogens (tertiary/aromatic N) is 5. The number of likely N-dealkylation sites (N-methyl/N-ethyl adjacent to an activating group) is 1. The van der Waals surface area contributed by atoms with Gasteiger partial charge in [0.25, 0.3) is 0 Å². The summed E-state index contributed by atoms with van der Waals surface area (Å²) >= 11 is 0. The van der Waals surface area contributed by atoms with Crippen LogP contribution in [0.15, 0.2) is 22.9 Å². The Morgan fingerprint density at radius 2 is 2.43 bits per heavy atom. The number of amides is 1. The number of hydrogen-bond acceptors (Lipinski definition) is 7. The molecule has 1 aliphatic rings. The fraction of sp³-hybridized carbons (Fsp3) is 0.462. The van der Waals surface area contributed by atoms with Crippen LogP contribution in [0.5, 0.6) is 0 Å². The first-order valence-electron chi connectivity index (χ1n) is 6.90. The van der Waals surface area contributed by atoms with Crippen molar-refractivity contribution < 1.29 is 9.32 Å². The van der Waals surface area contributed by atoms with Gasteiger partial charge < -0.3 is 9.84 Å². The van der Waals surface area contributed by atoms with Gasteiger partial charge in [0, 0.05) is 19.3 Å². The van der Waals surface area contributed by atoms with Gasteiger partial charge in [-0.05, 0) is 18.7 Å². The summed E-state index contributed by atoms with van der Waals surface area (Å²) in [6, 6.07) is 3.25. The molecule has 1 saturated heterocycles. The van der Waals surface area contributed by atoms with E-state index in [4.69, 9.17) is 4.52 Å². The van der Waals surface area contributed by atoms with E-state index in [1.54, 1.807) is 18.3 Å². The molecule has 1 N–H and O–H groups in total. The zero-order chi connectivity index (χ0) is 14.7. The third-order valence-corrected chi connectivity index (χ3v) is 3.49. The van der Waals surface area contributed by atoms with Crippen LogP contribution < -0.4 is 5.32 Å². The SMILES string of the molecule is CCN1CCNC(=O)[C@@H]1Cc1nc(-c2cccnn2)no1. The van der Waals surface area contributed by atoms with Crippen molar-refractivity contribution >= 4 is 5.91 Å². The maximum Gasteiger partial charge on any atom is 0.237 e. The Labute approximate surface area is 121 Å². The molecule has 1 aliphatic heterocycles. The van der Waals surface area contributed by atoms with Gasteiger partial charge in [-0.2, -0.15) is 10.1 Å². The van der Waals surface area contributed by atoms with Gasteiger partial charge in [-0.1, -0.05) is 12.1 Å². The van der Waals surface area contributed by atoms with Gasteiger partial charge in [0.15, 0.2) is 0 Å². The van der Waals surface area contributed by atoms with Gasteiger partial charge >= 0.3 is 0 Å². The average molecular weight is 288 g/mol. The lowest BCUT2D eigenvalue weighted by Crippen LogP contribution is -2.55. The van der Waals surface area contributed by atoms with E-state index in [0.717, 1.165) is 13.1 Å². The molecular formula is C13H16N6O2. The number of piperazine rings is 1. The van der Waals surface area contributed by atoms with Crippen LogP contribution in [0.1, 0.15) is 12.8 Å². The van der Waals surface area contributed by atoms with Crippen molar-refractivity contribution in [2.45, 2.75) is 19.4 Å². The summed E-state index contributed by atoms with van der Waals surface area (Å²) in [7, 11) is 0. The molecule has 0 spiro atoms. The third kappa shape index (κ3) is 2.89. The molecule has 0 bridgehead atoms. The molecule has 8 heteroatoms. The van der Waals surface area contributed by atoms with Crippen molar-refractivity contribution in [3.05, 3.63) is 24.2 Å². The Balaban J connectivity index is 1.76. The minimum atomic E-state index is -0.265. The largest absolute Gasteiger partial charge is 0.353 e. The topological polar surface area (TPSA) is 97.0 Å². The summed E-state index contributed by atoms with van der Waals surface area (Å²) in [5.41, 5.74) is 0.549. The Kier molecular flexibility index (Phi) is 3.87. The lowest BCUT2D eigenvalue weighted by atomic mass is 10.1. The molecule has 0 saturated carbocycles. The van der Waals surface area contributed by atoms with Crippen molar-refractivity contribution in [2.75, 3.05) is 19.6 Å². The smallest absolute Gasteiger partial charge is 0.237 e. The van der Waals surface area contributed by atoms with Crippen LogP contribution >= 0.6 is 0 Å². The molecule has 110 valence electrons. The second-order valence-electron chi connectivity index (χ2n) is 4.76. The summed E-state index contributed by atoms with van der Waals surface area (Å²) in [5, 5.41) is 14.5. The zero-order valence-electron chi connectivity index (χ0n) is 11.7. The highest BCUT2D eigenvalue weighted by Gasteiger charge is 2.30. The first-order valence-corrected chi connectivity index (χ1v) is 6.90. The number of carbonyl (C=O) groups excluding carboxylic acids is 1. The fourth-order valence-corrected chi connectivity index (χ4v) is 2.39. The minimum Gasteiger partial charge on any atom is -0.353 e. The predicted octanol–water partition coefficient (Wildman–Crippen LogP) is -0.111. The van der Waals surface area contributed by atoms with Crippen molar-refractivity contribution in [1.82, 2.24) is 30.6 Å². The molecule has 3 rings (SSSR count). The molecule has 3 heterocycles. The van der Waals surface area contributed by atoms with E-state index in [1.807, 2.05) is 6.92 Å². The second-order valence-corrected chi connectivity index (χ2v) is 4.76. The summed E-state index contributed by atoms with van der Waals surface area (Å²) in [4.78, 5) is 18.4. The van der Waals surface area contributed by atoms with Gasteiger partial charge in [-0.25, -0.2) is 0 Å². The standard InChI is InChI=1S/C13H16N6O2/c1-2-19-7-6-14-13(20)10(19)8-11-16-12(18-21-11)9-4-3-5-15-17-9/h3-5,10H,2,6-8H2,1H3,(H,14,20)/t10-/m0/s1. The predicted molar refractivity (Wildman–Crippen MR) is 73.1 cm³/mol. The van der Waals surface area contributed by atoms with Gasteiger partial charge in [-0.3, -0.25) is 9.69 Å². The van der Waals surface area contributed by atoms with Crippen LogP contribution in [-0.2, 0) is 11.2 Å². The van der Waals surface area contributed by atoms with E-state index in [0.29, 0.717) is 30.4 Å². The number of carbonyl (C=O) groups is 1. The van der Waals surface area contributed by atoms with Crippen LogP contribution in [0, 0.1) is 0 Å². The van der Waals surface area contributed by atoms with Crippen LogP contribution in [0.3, 0.4) is 0 Å². The highest BCUT2D eigenvalue weighted by molar-refractivity contribution is 5.82. The normalized spacial score (nSPS) is 19.5. The van der Waals surface area contributed by atoms with Crippen LogP contribution in [-0.4, -0.2) is 56.8 Å². The Hall–Kier alpha value is -2.35. The van der Waals surface area contributed by atoms with Gasteiger partial charge in [0.05, 0.1) is 12.5 Å². The number of nitrogens with one attached hydrogen (secondary N) is 1. The zero-order valence-corrected chi connectivity index (χ0v) is 11.7. The molecule has 0 aromatic carbocycles. The molecule has 8 nitrogen and oxygen atoms in total. The first-order chi connectivity index (χ1) is 10.3. The molecule has 0 aliphatic carbocycles. The molecule has 1 amide bonds. The quantitative estimate of drug-likeness (QED) is 0.838. The number of rotatable bonds is 4. The van der Waals surface area contributed by atoms with E-state index in [1.165, 1.54) is 0 Å². The molecule has 21 heavy (non-hydrogen) atoms. The highest BCUT2D eigenvalue weighted by atomic mass is 16.5. The highest BCUT2D eigenvalue weighted by Crippen LogP contribution is 2.15. The van der Waals surface area contributed by atoms with E-state index < -0.39 is 0 Å². The maximum atomic E-state index is 12.0. The Morgan fingerprint density at radius 3 is 3.19 bits per heavy atom. The molecule has 2 aromatic heterocycles. The number of aromatic nitrogens is 4. The van der Waals surface area contributed by atoms with Gasteiger partial charge in [-0.15, -0.1) is 5.10 Å². The molecule has 1 fully saturated rings. The van der Waals surface area contributed by atoms with Gasteiger partial charge in [0.1, 0.15) is 5.69 Å². The molecule has 1 atom stereocenters. The summed E-state index contributed by atoms with van der Waals surface area (Å²) in [6.45, 7) is 4.35. The van der Waals surface area contributed by atoms with Crippen molar-refractivity contribution in [2.24, 2.45) is 0 Å². The fourth-order valence-electron chi connectivity index (χ4n) is 2.39. The monoisotopic (exact) mass is 288 g/mol. The van der Waals surface area contributed by atoms with Crippen molar-refractivity contribution in [3.8, 4) is 11.5 Å². The van der Waals surface area contributed by atoms with E-state index in [9.17, 15) is 4.79 Å². The molecular weight excluding hydrogens is 272 g/mol. The second kappa shape index (κ2) is 5.96. The summed E-state index contributed by atoms with van der Waals surface area (Å²) in [5.74, 6) is 0.816. The lowest BCUT2D eigenvalue weighted by Gasteiger charge is -2.33. The average Bonchev–Trinajstić information content (AvgIpc) is 2.99. The van der Waals surface area contributed by atoms with Crippen molar-refractivity contribution in [1.29, 1.82) is 0 Å². The summed E-state index contributed by atoms with van der Waals surface area (Å²) in [6.07, 6.45) is 1.98. The number of hydrogen-bond donors (Lipinski definition) is 1. The van der Waals surface area contributed by atoms with E-state index in [2.05, 4.69) is 30.6 Å². The molecule has 0 unspecified atom stereocenters. The summed E-state index contributed by atoms with van der Waals surface area (Å²) < 4.78 is 5.23. The van der Waals surface area contributed by atoms with E-state index >= 15 is 0 Å². The van der Waals surface area contributed by atoms with E-state index in [-0.39, 0.29) is 11.9 Å². The van der Waals surface area contributed by atoms with Crippen molar-refractivity contribution in [3.63, 3.8) is 0 Å². The Morgan fingerprint density at radius 1 is 1.52 bits per heavy atom. The maximum absolute atomic E-state index is 12.0. The third-order valence-electron chi connectivity index (χ3n) is 3.49. The lowest BCUT2D eigenvalue weighted by molar-refractivity contribution is -0.129. The minimum absolute atomic E-state index is 0.00218. The van der Waals surface area contributed by atoms with Crippen LogP contribution in [0.4, 0.5) is 0 Å². The van der Waals surface area contributed by atoms with Gasteiger partial charge in [0.2, 0.25) is 17.6 Å². The Bertz CT molecular complexity index is 614. The molecule has 2 aromatic rings. The molecule has 0 radical (unpaired) electrons. The first kappa shape index (κ1) is 13.6. The van der Waals surface area contributed by atoms with Crippen LogP contribution in [0.2, 0.25) is 0 Å².